The lowest BCUT2D eigenvalue weighted by Crippen LogP contribution is -2.31. The summed E-state index contributed by atoms with van der Waals surface area (Å²) in [5.41, 5.74) is 3.32. The Labute approximate surface area is 152 Å². The number of carbonyl (C=O) groups is 1. The summed E-state index contributed by atoms with van der Waals surface area (Å²) >= 11 is 0. The van der Waals surface area contributed by atoms with E-state index >= 15 is 0 Å². The highest BCUT2D eigenvalue weighted by atomic mass is 16.5. The van der Waals surface area contributed by atoms with Crippen molar-refractivity contribution in [3.63, 3.8) is 0 Å². The van der Waals surface area contributed by atoms with E-state index in [2.05, 4.69) is 28.7 Å². The molecule has 1 atom stereocenters. The van der Waals surface area contributed by atoms with Gasteiger partial charge in [0.05, 0.1) is 29.2 Å². The predicted molar refractivity (Wildman–Crippen MR) is 100 cm³/mol. The molecular weight excluding hydrogens is 328 g/mol. The maximum Gasteiger partial charge on any atom is 0.253 e. The number of hydrogen-bond donors (Lipinski definition) is 1. The summed E-state index contributed by atoms with van der Waals surface area (Å²) in [6, 6.07) is 8.14. The van der Waals surface area contributed by atoms with Crippen LogP contribution in [0.25, 0.3) is 16.9 Å². The van der Waals surface area contributed by atoms with Crippen molar-refractivity contribution >= 4 is 11.4 Å². The van der Waals surface area contributed by atoms with Gasteiger partial charge in [-0.25, -0.2) is 4.98 Å². The highest BCUT2D eigenvalue weighted by Crippen LogP contribution is 2.26. The van der Waals surface area contributed by atoms with Crippen LogP contribution in [-0.2, 0) is 4.74 Å². The van der Waals surface area contributed by atoms with E-state index in [1.807, 2.05) is 47.4 Å². The molecule has 1 fully saturated rings. The van der Waals surface area contributed by atoms with Crippen molar-refractivity contribution < 1.29 is 9.53 Å². The lowest BCUT2D eigenvalue weighted by molar-refractivity contribution is 0.0859. The minimum Gasteiger partial charge on any atom is -0.376 e. The fourth-order valence-electron chi connectivity index (χ4n) is 3.39. The number of hydrogen-bond acceptors (Lipinski definition) is 3. The van der Waals surface area contributed by atoms with Crippen LogP contribution in [0.5, 0.6) is 0 Å². The molecule has 1 unspecified atom stereocenters. The number of ether oxygens (including phenoxy) is 1. The van der Waals surface area contributed by atoms with Crippen LogP contribution < -0.4 is 5.32 Å². The van der Waals surface area contributed by atoms with Gasteiger partial charge in [0, 0.05) is 31.6 Å². The molecule has 0 aromatic carbocycles. The van der Waals surface area contributed by atoms with Crippen LogP contribution >= 0.6 is 0 Å². The second kappa shape index (κ2) is 6.96. The summed E-state index contributed by atoms with van der Waals surface area (Å²) in [4.78, 5) is 17.3. The second-order valence-corrected chi connectivity index (χ2v) is 7.04. The molecule has 0 aliphatic carbocycles. The van der Waals surface area contributed by atoms with Crippen molar-refractivity contribution in [3.05, 3.63) is 48.5 Å². The standard InChI is InChI=1S/C20H24N4O2/c1-14(2)23-12-17(22-13-23)19-10-16(18-7-3-4-8-24(18)19)20(25)21-11-15-6-5-9-26-15/h3-4,7-8,10,12-15H,5-6,9,11H2,1-2H3,(H,21,25). The molecule has 26 heavy (non-hydrogen) atoms. The number of amides is 1. The Bertz CT molecular complexity index is 919. The summed E-state index contributed by atoms with van der Waals surface area (Å²) in [6.45, 7) is 5.58. The molecule has 1 aliphatic rings. The Hall–Kier alpha value is -2.60. The Kier molecular flexibility index (Phi) is 4.51. The van der Waals surface area contributed by atoms with Gasteiger partial charge in [-0.1, -0.05) is 6.07 Å². The van der Waals surface area contributed by atoms with Crippen LogP contribution in [-0.4, -0.2) is 39.1 Å². The summed E-state index contributed by atoms with van der Waals surface area (Å²) in [5.74, 6) is -0.0706. The summed E-state index contributed by atoms with van der Waals surface area (Å²) in [6.07, 6.45) is 8.03. The molecule has 136 valence electrons. The van der Waals surface area contributed by atoms with Crippen molar-refractivity contribution in [2.24, 2.45) is 0 Å². The Balaban J connectivity index is 1.65. The first-order valence-electron chi connectivity index (χ1n) is 9.17. The average molecular weight is 352 g/mol. The van der Waals surface area contributed by atoms with Gasteiger partial charge in [-0.3, -0.25) is 4.79 Å². The van der Waals surface area contributed by atoms with Crippen LogP contribution in [0.1, 0.15) is 43.1 Å². The van der Waals surface area contributed by atoms with E-state index in [0.717, 1.165) is 36.4 Å². The molecule has 1 N–H and O–H groups in total. The molecule has 4 heterocycles. The van der Waals surface area contributed by atoms with Gasteiger partial charge in [0.25, 0.3) is 5.91 Å². The van der Waals surface area contributed by atoms with Crippen LogP contribution in [0.2, 0.25) is 0 Å². The normalized spacial score (nSPS) is 17.3. The molecule has 1 amide bonds. The highest BCUT2D eigenvalue weighted by molar-refractivity contribution is 6.02. The third-order valence-electron chi connectivity index (χ3n) is 4.90. The molecule has 0 bridgehead atoms. The first-order chi connectivity index (χ1) is 12.6. The first-order valence-corrected chi connectivity index (χ1v) is 9.17. The summed E-state index contributed by atoms with van der Waals surface area (Å²) in [7, 11) is 0. The predicted octanol–water partition coefficient (Wildman–Crippen LogP) is 3.29. The number of nitrogens with one attached hydrogen (secondary N) is 1. The fourth-order valence-corrected chi connectivity index (χ4v) is 3.39. The molecule has 6 heteroatoms. The molecule has 6 nitrogen and oxygen atoms in total. The van der Waals surface area contributed by atoms with Crippen LogP contribution in [0.15, 0.2) is 43.0 Å². The number of fused-ring (bicyclic) bond motifs is 1. The zero-order valence-corrected chi connectivity index (χ0v) is 15.2. The molecule has 1 saturated heterocycles. The third kappa shape index (κ3) is 3.12. The van der Waals surface area contributed by atoms with Gasteiger partial charge in [0.15, 0.2) is 0 Å². The largest absolute Gasteiger partial charge is 0.376 e. The maximum atomic E-state index is 12.8. The second-order valence-electron chi connectivity index (χ2n) is 7.04. The van der Waals surface area contributed by atoms with E-state index in [4.69, 9.17) is 4.74 Å². The van der Waals surface area contributed by atoms with E-state index in [0.29, 0.717) is 18.2 Å². The topological polar surface area (TPSA) is 60.6 Å². The number of aromatic nitrogens is 3. The van der Waals surface area contributed by atoms with E-state index < -0.39 is 0 Å². The van der Waals surface area contributed by atoms with Crippen molar-refractivity contribution in [1.29, 1.82) is 0 Å². The zero-order valence-electron chi connectivity index (χ0n) is 15.2. The lowest BCUT2D eigenvalue weighted by atomic mass is 10.2. The highest BCUT2D eigenvalue weighted by Gasteiger charge is 2.20. The van der Waals surface area contributed by atoms with Crippen molar-refractivity contribution in [3.8, 4) is 11.4 Å². The Morgan fingerprint density at radius 3 is 3.04 bits per heavy atom. The minimum absolute atomic E-state index is 0.0706. The average Bonchev–Trinajstić information content (AvgIpc) is 3.37. The number of carbonyl (C=O) groups excluding carboxylic acids is 1. The van der Waals surface area contributed by atoms with Gasteiger partial charge in [0.2, 0.25) is 0 Å². The Morgan fingerprint density at radius 1 is 1.42 bits per heavy atom. The van der Waals surface area contributed by atoms with Gasteiger partial charge >= 0.3 is 0 Å². The molecule has 0 radical (unpaired) electrons. The van der Waals surface area contributed by atoms with Gasteiger partial charge in [-0.05, 0) is 44.9 Å². The van der Waals surface area contributed by atoms with Crippen molar-refractivity contribution in [2.45, 2.75) is 38.8 Å². The van der Waals surface area contributed by atoms with Gasteiger partial charge in [-0.2, -0.15) is 0 Å². The summed E-state index contributed by atoms with van der Waals surface area (Å²) < 4.78 is 9.68. The molecule has 1 aliphatic heterocycles. The molecular formula is C20H24N4O2. The molecule has 3 aromatic heterocycles. The first kappa shape index (κ1) is 16.8. The van der Waals surface area contributed by atoms with Crippen LogP contribution in [0.4, 0.5) is 0 Å². The van der Waals surface area contributed by atoms with Crippen molar-refractivity contribution in [1.82, 2.24) is 19.3 Å². The summed E-state index contributed by atoms with van der Waals surface area (Å²) in [5, 5.41) is 3.02. The molecule has 0 spiro atoms. The molecule has 4 rings (SSSR count). The van der Waals surface area contributed by atoms with E-state index in [9.17, 15) is 4.79 Å². The quantitative estimate of drug-likeness (QED) is 0.766. The maximum absolute atomic E-state index is 12.8. The van der Waals surface area contributed by atoms with Crippen LogP contribution in [0, 0.1) is 0 Å². The number of rotatable bonds is 5. The van der Waals surface area contributed by atoms with Crippen LogP contribution in [0.3, 0.4) is 0 Å². The number of pyridine rings is 1. The van der Waals surface area contributed by atoms with Crippen molar-refractivity contribution in [2.75, 3.05) is 13.2 Å². The monoisotopic (exact) mass is 352 g/mol. The smallest absolute Gasteiger partial charge is 0.253 e. The lowest BCUT2D eigenvalue weighted by Gasteiger charge is -2.10. The molecule has 0 saturated carbocycles. The SMILES string of the molecule is CC(C)n1cnc(-c2cc(C(=O)NCC3CCCO3)c3ccccn23)c1. The van der Waals surface area contributed by atoms with Gasteiger partial charge < -0.3 is 19.0 Å². The van der Waals surface area contributed by atoms with E-state index in [1.54, 1.807) is 0 Å². The van der Waals surface area contributed by atoms with Gasteiger partial charge in [-0.15, -0.1) is 0 Å². The van der Waals surface area contributed by atoms with E-state index in [-0.39, 0.29) is 12.0 Å². The Morgan fingerprint density at radius 2 is 2.31 bits per heavy atom. The zero-order chi connectivity index (χ0) is 18.1. The van der Waals surface area contributed by atoms with E-state index in [1.165, 1.54) is 0 Å². The number of imidazole rings is 1. The van der Waals surface area contributed by atoms with Gasteiger partial charge in [0.1, 0.15) is 5.69 Å². The minimum atomic E-state index is -0.0706. The fraction of sp³-hybridized carbons (Fsp3) is 0.400. The third-order valence-corrected chi connectivity index (χ3v) is 4.90. The number of nitrogens with zero attached hydrogens (tertiary/aromatic N) is 3. The molecule has 3 aromatic rings.